The highest BCUT2D eigenvalue weighted by molar-refractivity contribution is 5.23. The molecule has 1 aromatic heterocycles. The van der Waals surface area contributed by atoms with E-state index >= 15 is 0 Å². The molecule has 0 amide bonds. The molecule has 8 atom stereocenters. The monoisotopic (exact) mass is 353 g/mol. The van der Waals surface area contributed by atoms with Crippen molar-refractivity contribution in [1.82, 2.24) is 4.98 Å². The molecule has 1 aromatic rings. The number of nitrogens with zero attached hydrogens (tertiary/aromatic N) is 1. The number of hydrogen-bond acceptors (Lipinski definition) is 2. The van der Waals surface area contributed by atoms with E-state index in [4.69, 9.17) is 0 Å². The van der Waals surface area contributed by atoms with E-state index in [1.165, 1.54) is 50.5 Å². The summed E-state index contributed by atoms with van der Waals surface area (Å²) in [5.41, 5.74) is 2.45. The van der Waals surface area contributed by atoms with Gasteiger partial charge in [0, 0.05) is 12.4 Å². The van der Waals surface area contributed by atoms with Gasteiger partial charge in [-0.15, -0.1) is 0 Å². The van der Waals surface area contributed by atoms with Crippen LogP contribution in [0.4, 0.5) is 0 Å². The van der Waals surface area contributed by atoms with Gasteiger partial charge in [-0.05, 0) is 110 Å². The molecule has 26 heavy (non-hydrogen) atoms. The zero-order chi connectivity index (χ0) is 17.9. The van der Waals surface area contributed by atoms with Crippen LogP contribution >= 0.6 is 0 Å². The molecule has 5 rings (SSSR count). The quantitative estimate of drug-likeness (QED) is 0.716. The summed E-state index contributed by atoms with van der Waals surface area (Å²) in [6.45, 7) is 5.20. The van der Waals surface area contributed by atoms with Crippen LogP contribution in [0, 0.1) is 34.5 Å². The molecule has 0 aliphatic heterocycles. The molecule has 5 unspecified atom stereocenters. The minimum absolute atomic E-state index is 0.0278. The highest BCUT2D eigenvalue weighted by Gasteiger charge is 2.60. The van der Waals surface area contributed by atoms with Crippen molar-refractivity contribution in [2.75, 3.05) is 0 Å². The molecule has 0 spiro atoms. The topological polar surface area (TPSA) is 33.1 Å². The first kappa shape index (κ1) is 17.2. The maximum absolute atomic E-state index is 10.2. The second-order valence-corrected chi connectivity index (χ2v) is 10.5. The molecule has 0 bridgehead atoms. The molecule has 0 radical (unpaired) electrons. The Morgan fingerprint density at radius 3 is 2.58 bits per heavy atom. The molecule has 142 valence electrons. The van der Waals surface area contributed by atoms with E-state index in [-0.39, 0.29) is 6.10 Å². The fraction of sp³-hybridized carbons (Fsp3) is 0.792. The molecule has 0 aromatic carbocycles. The minimum atomic E-state index is -0.0278. The van der Waals surface area contributed by atoms with Gasteiger partial charge in [0.1, 0.15) is 0 Å². The second-order valence-electron chi connectivity index (χ2n) is 10.5. The number of fused-ring (bicyclic) bond motifs is 5. The van der Waals surface area contributed by atoms with Gasteiger partial charge in [-0.2, -0.15) is 0 Å². The first-order valence-electron chi connectivity index (χ1n) is 11.1. The fourth-order valence-corrected chi connectivity index (χ4v) is 8.37. The van der Waals surface area contributed by atoms with E-state index in [0.717, 1.165) is 36.5 Å². The first-order valence-corrected chi connectivity index (χ1v) is 11.1. The van der Waals surface area contributed by atoms with E-state index in [9.17, 15) is 5.11 Å². The van der Waals surface area contributed by atoms with Crippen LogP contribution in [0.25, 0.3) is 0 Å². The van der Waals surface area contributed by atoms with E-state index < -0.39 is 0 Å². The molecule has 4 aliphatic rings. The largest absolute Gasteiger partial charge is 0.393 e. The van der Waals surface area contributed by atoms with Crippen LogP contribution in [0.5, 0.6) is 0 Å². The number of aliphatic hydroxyl groups is 1. The Bertz CT molecular complexity index is 659. The summed E-state index contributed by atoms with van der Waals surface area (Å²) in [4.78, 5) is 4.43. The molecular formula is C24H35NO. The lowest BCUT2D eigenvalue weighted by Gasteiger charge is -2.61. The lowest BCUT2D eigenvalue weighted by atomic mass is 9.44. The predicted molar refractivity (Wildman–Crippen MR) is 105 cm³/mol. The Labute approximate surface area is 158 Å². The number of aliphatic hydroxyl groups excluding tert-OH is 1. The zero-order valence-electron chi connectivity index (χ0n) is 16.5. The first-order chi connectivity index (χ1) is 12.5. The number of aromatic nitrogens is 1. The van der Waals surface area contributed by atoms with Gasteiger partial charge in [0.2, 0.25) is 0 Å². The normalized spacial score (nSPS) is 50.6. The lowest BCUT2D eigenvalue weighted by Crippen LogP contribution is -2.53. The Morgan fingerprint density at radius 1 is 0.962 bits per heavy atom. The van der Waals surface area contributed by atoms with Gasteiger partial charge in [0.15, 0.2) is 0 Å². The van der Waals surface area contributed by atoms with E-state index in [1.807, 2.05) is 6.20 Å². The zero-order valence-corrected chi connectivity index (χ0v) is 16.5. The van der Waals surface area contributed by atoms with Gasteiger partial charge in [-0.3, -0.25) is 4.98 Å². The van der Waals surface area contributed by atoms with Crippen LogP contribution in [0.15, 0.2) is 24.5 Å². The lowest BCUT2D eigenvalue weighted by molar-refractivity contribution is -0.122. The summed E-state index contributed by atoms with van der Waals surface area (Å²) in [7, 11) is 0. The fourth-order valence-electron chi connectivity index (χ4n) is 8.37. The summed E-state index contributed by atoms with van der Waals surface area (Å²) < 4.78 is 0. The summed E-state index contributed by atoms with van der Waals surface area (Å²) in [5, 5.41) is 10.2. The number of pyridine rings is 1. The third kappa shape index (κ3) is 2.37. The van der Waals surface area contributed by atoms with E-state index in [0.29, 0.717) is 16.7 Å². The van der Waals surface area contributed by atoms with Gasteiger partial charge in [-0.1, -0.05) is 19.9 Å². The molecular weight excluding hydrogens is 318 g/mol. The third-order valence-corrected chi connectivity index (χ3v) is 9.72. The molecule has 1 N–H and O–H groups in total. The smallest absolute Gasteiger partial charge is 0.0543 e. The van der Waals surface area contributed by atoms with Crippen molar-refractivity contribution in [3.63, 3.8) is 0 Å². The highest BCUT2D eigenvalue weighted by Crippen LogP contribution is 2.68. The summed E-state index contributed by atoms with van der Waals surface area (Å²) in [5.74, 6) is 4.20. The summed E-state index contributed by atoms with van der Waals surface area (Å²) in [6.07, 6.45) is 15.7. The number of rotatable bonds is 1. The Hall–Kier alpha value is -0.890. The van der Waals surface area contributed by atoms with Crippen LogP contribution < -0.4 is 0 Å². The van der Waals surface area contributed by atoms with Gasteiger partial charge < -0.3 is 5.11 Å². The molecule has 4 aliphatic carbocycles. The average Bonchev–Trinajstić information content (AvgIpc) is 3.00. The average molecular weight is 354 g/mol. The predicted octanol–water partition coefficient (Wildman–Crippen LogP) is 5.57. The molecule has 1 heterocycles. The van der Waals surface area contributed by atoms with Crippen molar-refractivity contribution >= 4 is 0 Å². The van der Waals surface area contributed by atoms with Crippen LogP contribution in [-0.4, -0.2) is 16.2 Å². The van der Waals surface area contributed by atoms with Gasteiger partial charge in [0.25, 0.3) is 0 Å². The van der Waals surface area contributed by atoms with Crippen LogP contribution in [-0.2, 0) is 0 Å². The standard InChI is InChI=1S/C24H35NO/c1-23-11-9-18(26)14-17(23)5-6-19-21-8-7-20(16-4-3-13-25-15-16)24(21,2)12-10-22(19)23/h3-4,13,15,17-22,26H,5-12,14H2,1-2H3/t17?,18-,19?,20?,21?,22?,23-,24+/m0/s1. The van der Waals surface area contributed by atoms with Crippen LogP contribution in [0.3, 0.4) is 0 Å². The maximum atomic E-state index is 10.2. The SMILES string of the molecule is C[C@]12CC[C@H](O)CC1CCC1C2CC[C@]2(C)C(c3cccnc3)CCC12. The van der Waals surface area contributed by atoms with Gasteiger partial charge in [-0.25, -0.2) is 0 Å². The molecule has 4 fully saturated rings. The number of hydrogen-bond donors (Lipinski definition) is 1. The molecule has 2 heteroatoms. The Morgan fingerprint density at radius 2 is 1.77 bits per heavy atom. The maximum Gasteiger partial charge on any atom is 0.0543 e. The van der Waals surface area contributed by atoms with Crippen LogP contribution in [0.2, 0.25) is 0 Å². The van der Waals surface area contributed by atoms with Crippen molar-refractivity contribution in [3.05, 3.63) is 30.1 Å². The van der Waals surface area contributed by atoms with Crippen molar-refractivity contribution in [2.45, 2.75) is 83.7 Å². The van der Waals surface area contributed by atoms with E-state index in [1.54, 1.807) is 0 Å². The van der Waals surface area contributed by atoms with Crippen molar-refractivity contribution in [3.8, 4) is 0 Å². The van der Waals surface area contributed by atoms with Crippen LogP contribution in [0.1, 0.15) is 83.1 Å². The van der Waals surface area contributed by atoms with E-state index in [2.05, 4.69) is 37.2 Å². The Kier molecular flexibility index (Phi) is 4.01. The second kappa shape index (κ2) is 6.06. The van der Waals surface area contributed by atoms with Crippen molar-refractivity contribution in [1.29, 1.82) is 0 Å². The molecule has 4 saturated carbocycles. The molecule has 2 nitrogen and oxygen atoms in total. The van der Waals surface area contributed by atoms with Crippen molar-refractivity contribution < 1.29 is 5.11 Å². The summed E-state index contributed by atoms with van der Waals surface area (Å²) in [6, 6.07) is 4.44. The van der Waals surface area contributed by atoms with Gasteiger partial charge >= 0.3 is 0 Å². The van der Waals surface area contributed by atoms with Crippen molar-refractivity contribution in [2.24, 2.45) is 34.5 Å². The summed E-state index contributed by atoms with van der Waals surface area (Å²) >= 11 is 0. The third-order valence-electron chi connectivity index (χ3n) is 9.72. The minimum Gasteiger partial charge on any atom is -0.393 e. The molecule has 0 saturated heterocycles. The Balaban J connectivity index is 1.43. The van der Waals surface area contributed by atoms with Gasteiger partial charge in [0.05, 0.1) is 6.10 Å². The highest BCUT2D eigenvalue weighted by atomic mass is 16.3.